The summed E-state index contributed by atoms with van der Waals surface area (Å²) >= 11 is 0. The lowest BCUT2D eigenvalue weighted by atomic mass is 10.2. The Morgan fingerprint density at radius 2 is 1.77 bits per heavy atom. The molecule has 0 spiro atoms. The summed E-state index contributed by atoms with van der Waals surface area (Å²) in [6.45, 7) is 4.19. The van der Waals surface area contributed by atoms with Gasteiger partial charge in [-0.05, 0) is 43.7 Å². The fourth-order valence-electron chi connectivity index (χ4n) is 2.79. The number of carbonyl (C=O) groups is 1. The fourth-order valence-corrected chi connectivity index (χ4v) is 4.36. The van der Waals surface area contributed by atoms with Crippen LogP contribution in [0, 0.1) is 0 Å². The van der Waals surface area contributed by atoms with Crippen LogP contribution in [0.4, 0.5) is 0 Å². The lowest BCUT2D eigenvalue weighted by Gasteiger charge is -2.17. The van der Waals surface area contributed by atoms with E-state index in [9.17, 15) is 14.2 Å². The third kappa shape index (κ3) is 5.52. The highest BCUT2D eigenvalue weighted by Gasteiger charge is 2.26. The summed E-state index contributed by atoms with van der Waals surface area (Å²) < 4.78 is 23.4. The van der Waals surface area contributed by atoms with Gasteiger partial charge in [-0.15, -0.1) is 0 Å². The molecule has 0 saturated carbocycles. The van der Waals surface area contributed by atoms with Crippen LogP contribution in [0.3, 0.4) is 0 Å². The maximum atomic E-state index is 12.8. The predicted molar refractivity (Wildman–Crippen MR) is 116 cm³/mol. The molecule has 0 fully saturated rings. The number of hydrogen-bond acceptors (Lipinski definition) is 7. The minimum Gasteiger partial charge on any atom is -0.348 e. The Morgan fingerprint density at radius 1 is 1.06 bits per heavy atom. The Hall–Kier alpha value is -3.13. The van der Waals surface area contributed by atoms with Gasteiger partial charge in [-0.1, -0.05) is 18.2 Å². The second kappa shape index (κ2) is 10.3. The van der Waals surface area contributed by atoms with Crippen molar-refractivity contribution in [3.63, 3.8) is 0 Å². The molecular weight excluding hydrogens is 419 g/mol. The van der Waals surface area contributed by atoms with E-state index in [1.807, 2.05) is 0 Å². The Labute approximate surface area is 179 Å². The number of aromatic amines is 1. The number of H-pyrrole nitrogens is 1. The van der Waals surface area contributed by atoms with E-state index in [0.29, 0.717) is 11.0 Å². The number of hydrogen-bond donors (Lipinski definition) is 2. The molecule has 162 valence electrons. The molecule has 0 aliphatic rings. The summed E-state index contributed by atoms with van der Waals surface area (Å²) in [4.78, 5) is 35.5. The molecule has 3 rings (SSSR count). The van der Waals surface area contributed by atoms with Crippen LogP contribution in [-0.2, 0) is 20.2 Å². The summed E-state index contributed by atoms with van der Waals surface area (Å²) in [5.74, 6) is -0.273. The fraction of sp³-hybridized carbons (Fsp3) is 0.238. The van der Waals surface area contributed by atoms with Crippen molar-refractivity contribution in [3.8, 4) is 11.5 Å². The van der Waals surface area contributed by atoms with E-state index in [-0.39, 0.29) is 31.1 Å². The lowest BCUT2D eigenvalue weighted by molar-refractivity contribution is 0.0949. The van der Waals surface area contributed by atoms with Gasteiger partial charge in [0, 0.05) is 18.9 Å². The van der Waals surface area contributed by atoms with Crippen molar-refractivity contribution in [2.24, 2.45) is 0 Å². The maximum absolute atomic E-state index is 12.8. The number of nitrogens with one attached hydrogen (secondary N) is 2. The average molecular weight is 442 g/mol. The SMILES string of the molecule is CCOP(=O)(OCC)c1ccc(CNC(=O)c2cnc(-c3ccccn3)[nH]c2=O)cc1. The lowest BCUT2D eigenvalue weighted by Crippen LogP contribution is -2.29. The molecule has 1 aromatic carbocycles. The minimum atomic E-state index is -3.36. The van der Waals surface area contributed by atoms with Gasteiger partial charge in [0.05, 0.1) is 18.5 Å². The normalized spacial score (nSPS) is 11.3. The van der Waals surface area contributed by atoms with Crippen LogP contribution < -0.4 is 16.2 Å². The standard InChI is InChI=1S/C21H23N4O5P/c1-3-29-31(28,30-4-2)16-10-8-15(9-11-16)13-24-20(26)17-14-23-19(25-21(17)27)18-7-5-6-12-22-18/h5-12,14H,3-4,13H2,1-2H3,(H,24,26)(H,23,25,27). The second-order valence-electron chi connectivity index (χ2n) is 6.37. The quantitative estimate of drug-likeness (QED) is 0.488. The predicted octanol–water partition coefficient (Wildman–Crippen LogP) is 2.65. The molecule has 2 heterocycles. The highest BCUT2D eigenvalue weighted by molar-refractivity contribution is 7.62. The number of aromatic nitrogens is 3. The van der Waals surface area contributed by atoms with Crippen molar-refractivity contribution in [2.75, 3.05) is 13.2 Å². The van der Waals surface area contributed by atoms with Crippen molar-refractivity contribution in [2.45, 2.75) is 20.4 Å². The topological polar surface area (TPSA) is 123 Å². The third-order valence-corrected chi connectivity index (χ3v) is 6.38. The molecule has 0 aliphatic carbocycles. The Morgan fingerprint density at radius 3 is 2.35 bits per heavy atom. The number of benzene rings is 1. The molecule has 0 unspecified atom stereocenters. The van der Waals surface area contributed by atoms with Crippen LogP contribution in [0.1, 0.15) is 29.8 Å². The summed E-state index contributed by atoms with van der Waals surface area (Å²) in [5, 5.41) is 3.12. The smallest absolute Gasteiger partial charge is 0.348 e. The van der Waals surface area contributed by atoms with Crippen molar-refractivity contribution < 1.29 is 18.4 Å². The van der Waals surface area contributed by atoms with Crippen LogP contribution in [0.5, 0.6) is 0 Å². The molecule has 10 heteroatoms. The zero-order chi connectivity index (χ0) is 22.3. The van der Waals surface area contributed by atoms with Crippen LogP contribution in [0.25, 0.3) is 11.5 Å². The van der Waals surface area contributed by atoms with Crippen LogP contribution in [0.2, 0.25) is 0 Å². The van der Waals surface area contributed by atoms with Crippen LogP contribution in [0.15, 0.2) is 59.7 Å². The first-order chi connectivity index (χ1) is 15.0. The molecule has 0 aliphatic heterocycles. The number of pyridine rings is 1. The number of nitrogens with zero attached hydrogens (tertiary/aromatic N) is 2. The summed E-state index contributed by atoms with van der Waals surface area (Å²) in [5.41, 5.74) is 0.598. The summed E-state index contributed by atoms with van der Waals surface area (Å²) in [7, 11) is -3.36. The molecule has 0 saturated heterocycles. The molecule has 0 bridgehead atoms. The molecule has 1 amide bonds. The van der Waals surface area contributed by atoms with Crippen molar-refractivity contribution in [3.05, 3.63) is 76.3 Å². The summed E-state index contributed by atoms with van der Waals surface area (Å²) in [6.07, 6.45) is 2.81. The molecule has 2 N–H and O–H groups in total. The molecular formula is C21H23N4O5P. The number of carbonyl (C=O) groups excluding carboxylic acids is 1. The van der Waals surface area contributed by atoms with Gasteiger partial charge in [-0.3, -0.25) is 19.1 Å². The molecule has 0 atom stereocenters. The Kier molecular flexibility index (Phi) is 7.46. The third-order valence-electron chi connectivity index (χ3n) is 4.26. The molecule has 3 aromatic rings. The van der Waals surface area contributed by atoms with Crippen LogP contribution in [-0.4, -0.2) is 34.1 Å². The van der Waals surface area contributed by atoms with E-state index in [1.54, 1.807) is 62.5 Å². The van der Waals surface area contributed by atoms with E-state index in [0.717, 1.165) is 5.56 Å². The first-order valence-electron chi connectivity index (χ1n) is 9.74. The van der Waals surface area contributed by atoms with E-state index >= 15 is 0 Å². The number of amides is 1. The van der Waals surface area contributed by atoms with Gasteiger partial charge in [0.2, 0.25) is 0 Å². The second-order valence-corrected chi connectivity index (χ2v) is 8.40. The Bertz CT molecular complexity index is 1120. The first kappa shape index (κ1) is 22.6. The monoisotopic (exact) mass is 442 g/mol. The molecule has 9 nitrogen and oxygen atoms in total. The van der Waals surface area contributed by atoms with Gasteiger partial charge in [-0.2, -0.15) is 0 Å². The van der Waals surface area contributed by atoms with E-state index < -0.39 is 19.1 Å². The van der Waals surface area contributed by atoms with Crippen molar-refractivity contribution in [1.82, 2.24) is 20.3 Å². The highest BCUT2D eigenvalue weighted by atomic mass is 31.2. The molecule has 2 aromatic heterocycles. The zero-order valence-corrected chi connectivity index (χ0v) is 18.1. The van der Waals surface area contributed by atoms with E-state index in [1.165, 1.54) is 6.20 Å². The van der Waals surface area contributed by atoms with E-state index in [2.05, 4.69) is 20.3 Å². The van der Waals surface area contributed by atoms with Gasteiger partial charge in [-0.25, -0.2) is 4.98 Å². The van der Waals surface area contributed by atoms with Gasteiger partial charge in [0.1, 0.15) is 11.3 Å². The Balaban J connectivity index is 1.67. The van der Waals surface area contributed by atoms with E-state index in [4.69, 9.17) is 9.05 Å². The summed E-state index contributed by atoms with van der Waals surface area (Å²) in [6, 6.07) is 11.9. The van der Waals surface area contributed by atoms with Crippen molar-refractivity contribution >= 4 is 18.8 Å². The highest BCUT2D eigenvalue weighted by Crippen LogP contribution is 2.46. The number of rotatable bonds is 9. The van der Waals surface area contributed by atoms with Gasteiger partial charge in [0.25, 0.3) is 11.5 Å². The van der Waals surface area contributed by atoms with Crippen LogP contribution >= 0.6 is 7.60 Å². The van der Waals surface area contributed by atoms with Crippen molar-refractivity contribution in [1.29, 1.82) is 0 Å². The van der Waals surface area contributed by atoms with Gasteiger partial charge >= 0.3 is 7.60 Å². The largest absolute Gasteiger partial charge is 0.361 e. The van der Waals surface area contributed by atoms with Gasteiger partial charge in [0.15, 0.2) is 5.82 Å². The average Bonchev–Trinajstić information content (AvgIpc) is 2.78. The zero-order valence-electron chi connectivity index (χ0n) is 17.2. The molecule has 0 radical (unpaired) electrons. The minimum absolute atomic E-state index is 0.103. The molecule has 31 heavy (non-hydrogen) atoms. The van der Waals surface area contributed by atoms with Gasteiger partial charge < -0.3 is 19.3 Å². The first-order valence-corrected chi connectivity index (χ1v) is 11.3. The maximum Gasteiger partial charge on any atom is 0.361 e.